The van der Waals surface area contributed by atoms with Crippen molar-refractivity contribution >= 4 is 11.9 Å². The minimum absolute atomic E-state index is 0.0614. The summed E-state index contributed by atoms with van der Waals surface area (Å²) in [6, 6.07) is 13.7. The van der Waals surface area contributed by atoms with Crippen molar-refractivity contribution in [3.8, 4) is 11.5 Å². The molecule has 0 radical (unpaired) electrons. The number of pyridine rings is 1. The number of nitrogens with zero attached hydrogens (tertiary/aromatic N) is 3. The first-order chi connectivity index (χ1) is 11.8. The Balaban J connectivity index is 1.53. The highest BCUT2D eigenvalue weighted by Gasteiger charge is 2.26. The van der Waals surface area contributed by atoms with Crippen molar-refractivity contribution in [1.82, 2.24) is 20.2 Å². The van der Waals surface area contributed by atoms with Crippen LogP contribution in [0.25, 0.3) is 11.5 Å². The zero-order chi connectivity index (χ0) is 16.4. The second-order valence-corrected chi connectivity index (χ2v) is 5.86. The van der Waals surface area contributed by atoms with Gasteiger partial charge < -0.3 is 0 Å². The van der Waals surface area contributed by atoms with Crippen molar-refractivity contribution < 1.29 is 4.79 Å². The standard InChI is InChI=1S/C18H17N5O/c24-17(14-9-5-7-12-6-1-2-8-13(12)14)21-18-20-16(22-23-18)15-10-3-4-11-19-15/h1-4,6,8,10-11,14H,5,7,9H2,(H2,20,21,22,23,24)/t14-/m1/s1. The number of H-pyrrole nitrogens is 1. The largest absolute Gasteiger partial charge is 0.293 e. The summed E-state index contributed by atoms with van der Waals surface area (Å²) in [5, 5.41) is 9.71. The Hall–Kier alpha value is -3.02. The fourth-order valence-corrected chi connectivity index (χ4v) is 3.16. The molecule has 120 valence electrons. The van der Waals surface area contributed by atoms with Crippen LogP contribution < -0.4 is 5.32 Å². The Kier molecular flexibility index (Phi) is 3.78. The summed E-state index contributed by atoms with van der Waals surface area (Å²) in [6.45, 7) is 0. The van der Waals surface area contributed by atoms with Crippen molar-refractivity contribution in [3.63, 3.8) is 0 Å². The number of aryl methyl sites for hydroxylation is 1. The van der Waals surface area contributed by atoms with E-state index in [4.69, 9.17) is 0 Å². The van der Waals surface area contributed by atoms with Gasteiger partial charge in [-0.1, -0.05) is 30.3 Å². The summed E-state index contributed by atoms with van der Waals surface area (Å²) < 4.78 is 0. The molecule has 3 aromatic rings. The zero-order valence-corrected chi connectivity index (χ0v) is 13.1. The Morgan fingerprint density at radius 2 is 2.04 bits per heavy atom. The van der Waals surface area contributed by atoms with Crippen LogP contribution in [0.3, 0.4) is 0 Å². The fourth-order valence-electron chi connectivity index (χ4n) is 3.16. The van der Waals surface area contributed by atoms with E-state index < -0.39 is 0 Å². The lowest BCUT2D eigenvalue weighted by Crippen LogP contribution is -2.25. The third kappa shape index (κ3) is 2.78. The van der Waals surface area contributed by atoms with E-state index in [9.17, 15) is 4.79 Å². The summed E-state index contributed by atoms with van der Waals surface area (Å²) in [5.74, 6) is 0.610. The smallest absolute Gasteiger partial charge is 0.249 e. The van der Waals surface area contributed by atoms with Gasteiger partial charge in [-0.2, -0.15) is 4.98 Å². The highest BCUT2D eigenvalue weighted by Crippen LogP contribution is 2.32. The highest BCUT2D eigenvalue weighted by atomic mass is 16.2. The van der Waals surface area contributed by atoms with Crippen molar-refractivity contribution in [2.24, 2.45) is 0 Å². The van der Waals surface area contributed by atoms with Gasteiger partial charge in [-0.25, -0.2) is 0 Å². The molecule has 0 aliphatic heterocycles. The second-order valence-electron chi connectivity index (χ2n) is 5.86. The number of carbonyl (C=O) groups excluding carboxylic acids is 1. The van der Waals surface area contributed by atoms with Gasteiger partial charge in [0, 0.05) is 6.20 Å². The molecule has 6 heteroatoms. The Labute approximate surface area is 139 Å². The third-order valence-corrected chi connectivity index (χ3v) is 4.31. The van der Waals surface area contributed by atoms with E-state index >= 15 is 0 Å². The summed E-state index contributed by atoms with van der Waals surface area (Å²) in [7, 11) is 0. The third-order valence-electron chi connectivity index (χ3n) is 4.31. The Morgan fingerprint density at radius 3 is 2.92 bits per heavy atom. The van der Waals surface area contributed by atoms with E-state index in [1.165, 1.54) is 5.56 Å². The number of anilines is 1. The first-order valence-electron chi connectivity index (χ1n) is 8.04. The van der Waals surface area contributed by atoms with Gasteiger partial charge >= 0.3 is 0 Å². The molecule has 1 aliphatic carbocycles. The summed E-state index contributed by atoms with van der Waals surface area (Å²) >= 11 is 0. The van der Waals surface area contributed by atoms with Crippen LogP contribution in [0, 0.1) is 0 Å². The van der Waals surface area contributed by atoms with Crippen LogP contribution >= 0.6 is 0 Å². The molecule has 0 fully saturated rings. The number of carbonyl (C=O) groups is 1. The molecule has 24 heavy (non-hydrogen) atoms. The van der Waals surface area contributed by atoms with Crippen molar-refractivity contribution in [2.75, 3.05) is 5.32 Å². The highest BCUT2D eigenvalue weighted by molar-refractivity contribution is 5.95. The molecule has 2 heterocycles. The molecular weight excluding hydrogens is 302 g/mol. The van der Waals surface area contributed by atoms with Crippen LogP contribution in [-0.4, -0.2) is 26.1 Å². The monoisotopic (exact) mass is 319 g/mol. The molecular formula is C18H17N5O. The van der Waals surface area contributed by atoms with Crippen LogP contribution in [0.1, 0.15) is 29.9 Å². The summed E-state index contributed by atoms with van der Waals surface area (Å²) in [5.41, 5.74) is 3.06. The molecule has 0 bridgehead atoms. The van der Waals surface area contributed by atoms with Crippen molar-refractivity contribution in [2.45, 2.75) is 25.2 Å². The van der Waals surface area contributed by atoms with E-state index in [2.05, 4.69) is 31.5 Å². The molecule has 2 N–H and O–H groups in total. The molecule has 0 saturated carbocycles. The van der Waals surface area contributed by atoms with Gasteiger partial charge in [0.15, 0.2) is 5.82 Å². The van der Waals surface area contributed by atoms with Crippen molar-refractivity contribution in [3.05, 3.63) is 59.8 Å². The van der Waals surface area contributed by atoms with Crippen LogP contribution in [0.5, 0.6) is 0 Å². The number of hydrogen-bond acceptors (Lipinski definition) is 4. The molecule has 1 amide bonds. The number of fused-ring (bicyclic) bond motifs is 1. The Bertz CT molecular complexity index is 859. The van der Waals surface area contributed by atoms with Crippen LogP contribution in [0.15, 0.2) is 48.7 Å². The fraction of sp³-hybridized carbons (Fsp3) is 0.222. The molecule has 0 unspecified atom stereocenters. The zero-order valence-electron chi connectivity index (χ0n) is 13.1. The van der Waals surface area contributed by atoms with E-state index in [-0.39, 0.29) is 17.8 Å². The van der Waals surface area contributed by atoms with Crippen molar-refractivity contribution in [1.29, 1.82) is 0 Å². The van der Waals surface area contributed by atoms with Gasteiger partial charge in [0.1, 0.15) is 5.69 Å². The molecule has 0 spiro atoms. The molecule has 0 saturated heterocycles. The van der Waals surface area contributed by atoms with Crippen LogP contribution in [0.2, 0.25) is 0 Å². The van der Waals surface area contributed by atoms with Gasteiger partial charge in [0.05, 0.1) is 5.92 Å². The van der Waals surface area contributed by atoms with E-state index in [1.54, 1.807) is 6.20 Å². The predicted octanol–water partition coefficient (Wildman–Crippen LogP) is 2.93. The van der Waals surface area contributed by atoms with Gasteiger partial charge in [0.25, 0.3) is 0 Å². The molecule has 6 nitrogen and oxygen atoms in total. The average molecular weight is 319 g/mol. The Morgan fingerprint density at radius 1 is 1.17 bits per heavy atom. The summed E-state index contributed by atoms with van der Waals surface area (Å²) in [6.07, 6.45) is 4.59. The topological polar surface area (TPSA) is 83.6 Å². The van der Waals surface area contributed by atoms with Gasteiger partial charge in [-0.05, 0) is 42.5 Å². The van der Waals surface area contributed by atoms with Crippen LogP contribution in [0.4, 0.5) is 5.95 Å². The number of aromatic amines is 1. The molecule has 1 aromatic carbocycles. The quantitative estimate of drug-likeness (QED) is 0.777. The molecule has 1 aliphatic rings. The number of benzene rings is 1. The minimum atomic E-state index is -0.147. The maximum atomic E-state index is 12.7. The van der Waals surface area contributed by atoms with E-state index in [0.29, 0.717) is 11.5 Å². The minimum Gasteiger partial charge on any atom is -0.293 e. The van der Waals surface area contributed by atoms with Crippen LogP contribution in [-0.2, 0) is 11.2 Å². The van der Waals surface area contributed by atoms with E-state index in [1.807, 2.05) is 36.4 Å². The van der Waals surface area contributed by atoms with E-state index in [0.717, 1.165) is 24.8 Å². The molecule has 2 aromatic heterocycles. The maximum absolute atomic E-state index is 12.7. The van der Waals surface area contributed by atoms with Gasteiger partial charge in [-0.15, -0.1) is 5.10 Å². The first kappa shape index (κ1) is 14.6. The van der Waals surface area contributed by atoms with Gasteiger partial charge in [-0.3, -0.25) is 20.2 Å². The SMILES string of the molecule is O=C(Nc1n[nH]c(-c2ccccn2)n1)[C@@H]1CCCc2ccccc21. The first-order valence-corrected chi connectivity index (χ1v) is 8.04. The number of aromatic nitrogens is 4. The maximum Gasteiger partial charge on any atom is 0.249 e. The number of rotatable bonds is 3. The average Bonchev–Trinajstić information content (AvgIpc) is 3.10. The number of amides is 1. The van der Waals surface area contributed by atoms with Gasteiger partial charge in [0.2, 0.25) is 11.9 Å². The molecule has 1 atom stereocenters. The lowest BCUT2D eigenvalue weighted by Gasteiger charge is -2.23. The molecule has 4 rings (SSSR count). The normalized spacial score (nSPS) is 16.4. The summed E-state index contributed by atoms with van der Waals surface area (Å²) in [4.78, 5) is 21.2. The lowest BCUT2D eigenvalue weighted by molar-refractivity contribution is -0.117. The number of hydrogen-bond donors (Lipinski definition) is 2. The lowest BCUT2D eigenvalue weighted by atomic mass is 9.82. The second kappa shape index (κ2) is 6.23. The number of nitrogens with one attached hydrogen (secondary N) is 2. The predicted molar refractivity (Wildman–Crippen MR) is 90.4 cm³/mol.